The van der Waals surface area contributed by atoms with E-state index in [0.717, 1.165) is 22.1 Å². The molecule has 0 saturated carbocycles. The number of hydrogen-bond acceptors (Lipinski definition) is 6. The van der Waals surface area contributed by atoms with Gasteiger partial charge >= 0.3 is 0 Å². The van der Waals surface area contributed by atoms with Crippen LogP contribution in [0.2, 0.25) is 0 Å². The third-order valence-corrected chi connectivity index (χ3v) is 5.61. The molecule has 3 aromatic rings. The number of carbonyl (C=O) groups is 1. The zero-order valence-electron chi connectivity index (χ0n) is 17.2. The van der Waals surface area contributed by atoms with Gasteiger partial charge in [0.1, 0.15) is 5.82 Å². The number of aryl methyl sites for hydroxylation is 1. The van der Waals surface area contributed by atoms with Gasteiger partial charge in [-0.3, -0.25) is 14.9 Å². The fourth-order valence-corrected chi connectivity index (χ4v) is 3.80. The second kappa shape index (κ2) is 10.5. The summed E-state index contributed by atoms with van der Waals surface area (Å²) in [5.74, 6) is 1.25. The lowest BCUT2D eigenvalue weighted by atomic mass is 10.1. The molecule has 0 unspecified atom stereocenters. The lowest BCUT2D eigenvalue weighted by molar-refractivity contribution is -0.384. The van der Waals surface area contributed by atoms with E-state index in [1.54, 1.807) is 30.3 Å². The summed E-state index contributed by atoms with van der Waals surface area (Å²) < 4.78 is 1.96. The number of non-ortho nitro benzene ring substituents is 1. The van der Waals surface area contributed by atoms with E-state index < -0.39 is 4.92 Å². The van der Waals surface area contributed by atoms with Crippen LogP contribution in [0.25, 0.3) is 0 Å². The van der Waals surface area contributed by atoms with Crippen LogP contribution in [0.15, 0.2) is 66.3 Å². The summed E-state index contributed by atoms with van der Waals surface area (Å²) in [7, 11) is 0. The number of carbonyl (C=O) groups excluding carboxylic acids is 1. The van der Waals surface area contributed by atoms with Crippen molar-refractivity contribution < 1.29 is 9.72 Å². The van der Waals surface area contributed by atoms with Gasteiger partial charge in [-0.15, -0.1) is 16.8 Å². The molecule has 0 aliphatic rings. The predicted molar refractivity (Wildman–Crippen MR) is 120 cm³/mol. The fourth-order valence-electron chi connectivity index (χ4n) is 2.88. The van der Waals surface area contributed by atoms with Gasteiger partial charge in [-0.25, -0.2) is 0 Å². The Kier molecular flexibility index (Phi) is 7.55. The first kappa shape index (κ1) is 22.2. The van der Waals surface area contributed by atoms with Crippen molar-refractivity contribution in [3.05, 3.63) is 93.8 Å². The first-order chi connectivity index (χ1) is 15.0. The monoisotopic (exact) mass is 437 g/mol. The highest BCUT2D eigenvalue weighted by Gasteiger charge is 2.13. The van der Waals surface area contributed by atoms with Gasteiger partial charge in [0.25, 0.3) is 11.6 Å². The fraction of sp³-hybridized carbons (Fsp3) is 0.227. The Labute approximate surface area is 184 Å². The third kappa shape index (κ3) is 6.02. The Hall–Kier alpha value is -3.46. The van der Waals surface area contributed by atoms with Crippen LogP contribution in [0.3, 0.4) is 0 Å². The molecule has 0 atom stereocenters. The van der Waals surface area contributed by atoms with E-state index in [-0.39, 0.29) is 11.6 Å². The van der Waals surface area contributed by atoms with E-state index in [1.807, 2.05) is 23.6 Å². The zero-order valence-corrected chi connectivity index (χ0v) is 18.0. The predicted octanol–water partition coefficient (Wildman–Crippen LogP) is 3.95. The van der Waals surface area contributed by atoms with Crippen LogP contribution in [0.1, 0.15) is 27.3 Å². The molecule has 3 rings (SSSR count). The Morgan fingerprint density at radius 1 is 1.19 bits per heavy atom. The highest BCUT2D eigenvalue weighted by Crippen LogP contribution is 2.23. The van der Waals surface area contributed by atoms with Crippen molar-refractivity contribution in [1.29, 1.82) is 0 Å². The van der Waals surface area contributed by atoms with Gasteiger partial charge in [0.2, 0.25) is 0 Å². The minimum Gasteiger partial charge on any atom is -0.352 e. The van der Waals surface area contributed by atoms with Crippen LogP contribution in [-0.4, -0.2) is 32.1 Å². The lowest BCUT2D eigenvalue weighted by Crippen LogP contribution is -2.26. The van der Waals surface area contributed by atoms with Gasteiger partial charge in [-0.05, 0) is 24.6 Å². The number of nitro groups is 1. The van der Waals surface area contributed by atoms with E-state index in [0.29, 0.717) is 30.8 Å². The second-order valence-electron chi connectivity index (χ2n) is 6.88. The molecule has 9 heteroatoms. The number of amides is 1. The lowest BCUT2D eigenvalue weighted by Gasteiger charge is -2.09. The molecule has 0 radical (unpaired) electrons. The molecule has 0 aliphatic heterocycles. The van der Waals surface area contributed by atoms with E-state index in [2.05, 4.69) is 22.1 Å². The van der Waals surface area contributed by atoms with E-state index in [1.165, 1.54) is 23.9 Å². The van der Waals surface area contributed by atoms with Crippen molar-refractivity contribution in [1.82, 2.24) is 20.1 Å². The maximum Gasteiger partial charge on any atom is 0.269 e. The van der Waals surface area contributed by atoms with Gasteiger partial charge in [-0.2, -0.15) is 0 Å². The number of rotatable bonds is 10. The van der Waals surface area contributed by atoms with Gasteiger partial charge < -0.3 is 9.88 Å². The highest BCUT2D eigenvalue weighted by atomic mass is 32.2. The zero-order chi connectivity index (χ0) is 22.2. The molecule has 0 saturated heterocycles. The number of allylic oxidation sites excluding steroid dienone is 1. The largest absolute Gasteiger partial charge is 0.352 e. The van der Waals surface area contributed by atoms with Crippen LogP contribution in [-0.2, 0) is 18.7 Å². The average Bonchev–Trinajstić information content (AvgIpc) is 3.14. The molecule has 0 bridgehead atoms. The van der Waals surface area contributed by atoms with E-state index in [9.17, 15) is 14.9 Å². The number of nitrogens with one attached hydrogen (secondary N) is 1. The molecular weight excluding hydrogens is 414 g/mol. The smallest absolute Gasteiger partial charge is 0.269 e. The summed E-state index contributed by atoms with van der Waals surface area (Å²) in [6.07, 6.45) is 2.31. The SMILES string of the molecule is C=CCn1c(CCNC(=O)c2ccc(C)cc2)nnc1SCc1ccc([N+](=O)[O-])cc1. The van der Waals surface area contributed by atoms with Gasteiger partial charge in [0.05, 0.1) is 4.92 Å². The normalized spacial score (nSPS) is 10.6. The van der Waals surface area contributed by atoms with Gasteiger partial charge in [0.15, 0.2) is 5.16 Å². The Morgan fingerprint density at radius 2 is 1.90 bits per heavy atom. The molecule has 1 aromatic heterocycles. The van der Waals surface area contributed by atoms with Gasteiger partial charge in [-0.1, -0.05) is 47.7 Å². The molecule has 2 aromatic carbocycles. The maximum absolute atomic E-state index is 12.3. The number of benzene rings is 2. The number of hydrogen-bond donors (Lipinski definition) is 1. The van der Waals surface area contributed by atoms with Crippen LogP contribution >= 0.6 is 11.8 Å². The number of aromatic nitrogens is 3. The molecule has 0 spiro atoms. The molecule has 31 heavy (non-hydrogen) atoms. The Bertz CT molecular complexity index is 1060. The minimum absolute atomic E-state index is 0.0681. The quantitative estimate of drug-likeness (QED) is 0.223. The summed E-state index contributed by atoms with van der Waals surface area (Å²) in [6, 6.07) is 13.9. The summed E-state index contributed by atoms with van der Waals surface area (Å²) >= 11 is 1.50. The summed E-state index contributed by atoms with van der Waals surface area (Å²) in [5.41, 5.74) is 2.75. The summed E-state index contributed by atoms with van der Waals surface area (Å²) in [4.78, 5) is 22.6. The van der Waals surface area contributed by atoms with Crippen LogP contribution < -0.4 is 5.32 Å². The number of thioether (sulfide) groups is 1. The molecule has 1 N–H and O–H groups in total. The molecule has 1 heterocycles. The summed E-state index contributed by atoms with van der Waals surface area (Å²) in [5, 5.41) is 23.0. The van der Waals surface area contributed by atoms with Crippen LogP contribution in [0.5, 0.6) is 0 Å². The first-order valence-electron chi connectivity index (χ1n) is 9.72. The molecule has 0 aliphatic carbocycles. The van der Waals surface area contributed by atoms with E-state index in [4.69, 9.17) is 0 Å². The number of nitrogens with zero attached hydrogens (tertiary/aromatic N) is 4. The van der Waals surface area contributed by atoms with Crippen molar-refractivity contribution >= 4 is 23.4 Å². The molecule has 0 fully saturated rings. The van der Waals surface area contributed by atoms with E-state index >= 15 is 0 Å². The van der Waals surface area contributed by atoms with Crippen molar-refractivity contribution in [2.45, 2.75) is 30.8 Å². The maximum atomic E-state index is 12.3. The standard InChI is InChI=1S/C22H23N5O3S/c1-3-14-26-20(12-13-23-21(28)18-8-4-16(2)5-9-18)24-25-22(26)31-15-17-6-10-19(11-7-17)27(29)30/h3-11H,1,12-15H2,2H3,(H,23,28). The molecular formula is C22H23N5O3S. The van der Waals surface area contributed by atoms with Crippen molar-refractivity contribution in [2.24, 2.45) is 0 Å². The van der Waals surface area contributed by atoms with Crippen molar-refractivity contribution in [3.8, 4) is 0 Å². The Balaban J connectivity index is 1.59. The third-order valence-electron chi connectivity index (χ3n) is 4.57. The van der Waals surface area contributed by atoms with Crippen LogP contribution in [0.4, 0.5) is 5.69 Å². The number of nitro benzene ring substituents is 1. The van der Waals surface area contributed by atoms with Crippen molar-refractivity contribution in [2.75, 3.05) is 6.54 Å². The first-order valence-corrected chi connectivity index (χ1v) is 10.7. The molecule has 8 nitrogen and oxygen atoms in total. The van der Waals surface area contributed by atoms with Crippen molar-refractivity contribution in [3.63, 3.8) is 0 Å². The molecule has 160 valence electrons. The summed E-state index contributed by atoms with van der Waals surface area (Å²) in [6.45, 7) is 6.77. The van der Waals surface area contributed by atoms with Crippen LogP contribution in [0, 0.1) is 17.0 Å². The topological polar surface area (TPSA) is 103 Å². The Morgan fingerprint density at radius 3 is 2.55 bits per heavy atom. The highest BCUT2D eigenvalue weighted by molar-refractivity contribution is 7.98. The molecule has 1 amide bonds. The average molecular weight is 438 g/mol. The minimum atomic E-state index is -0.415. The van der Waals surface area contributed by atoms with Gasteiger partial charge in [0, 0.05) is 43.0 Å². The second-order valence-corrected chi connectivity index (χ2v) is 7.82.